The Morgan fingerprint density at radius 1 is 1.19 bits per heavy atom. The Hall–Kier alpha value is -3.35. The van der Waals surface area contributed by atoms with Crippen LogP contribution in [-0.2, 0) is 21.0 Å². The highest BCUT2D eigenvalue weighted by atomic mass is 32.2. The molecule has 32 heavy (non-hydrogen) atoms. The van der Waals surface area contributed by atoms with Crippen LogP contribution >= 0.6 is 0 Å². The number of rotatable bonds is 5. The van der Waals surface area contributed by atoms with Crippen molar-refractivity contribution in [3.8, 4) is 5.88 Å². The molecule has 0 unspecified atom stereocenters. The number of hydrogen-bond donors (Lipinski definition) is 2. The van der Waals surface area contributed by atoms with E-state index in [-0.39, 0.29) is 48.0 Å². The normalized spacial score (nSPS) is 17.2. The van der Waals surface area contributed by atoms with E-state index >= 15 is 0 Å². The third kappa shape index (κ3) is 3.83. The Labute approximate surface area is 179 Å². The molecular weight excluding hydrogens is 455 g/mol. The largest absolute Gasteiger partial charge is 0.480 e. The lowest BCUT2D eigenvalue weighted by atomic mass is 10.2. The number of pyridine rings is 1. The number of anilines is 1. The lowest BCUT2D eigenvalue weighted by Crippen LogP contribution is -2.43. The van der Waals surface area contributed by atoms with Gasteiger partial charge in [-0.25, -0.2) is 18.2 Å². The van der Waals surface area contributed by atoms with E-state index < -0.39 is 39.2 Å². The number of carboxylic acid groups (broad SMARTS) is 1. The highest BCUT2D eigenvalue weighted by Crippen LogP contribution is 2.38. The quantitative estimate of drug-likeness (QED) is 0.684. The molecule has 0 radical (unpaired) electrons. The second-order valence-electron chi connectivity index (χ2n) is 7.34. The van der Waals surface area contributed by atoms with Crippen LogP contribution in [-0.4, -0.2) is 49.1 Å². The van der Waals surface area contributed by atoms with Crippen molar-refractivity contribution < 1.29 is 41.0 Å². The molecule has 1 aliphatic heterocycles. The number of aromatic nitrogens is 1. The first kappa shape index (κ1) is 21.9. The first-order chi connectivity index (χ1) is 14.9. The molecule has 1 aromatic heterocycles. The summed E-state index contributed by atoms with van der Waals surface area (Å²) in [6.45, 7) is -0.226. The fraction of sp³-hybridized carbons (Fsp3) is 0.316. The smallest absolute Gasteiger partial charge is 0.416 e. The Balaban J connectivity index is 1.66. The number of fused-ring (bicyclic) bond motifs is 1. The number of halogens is 3. The summed E-state index contributed by atoms with van der Waals surface area (Å²) in [7, 11) is -4.30. The highest BCUT2D eigenvalue weighted by Gasteiger charge is 2.51. The average molecular weight is 471 g/mol. The van der Waals surface area contributed by atoms with Gasteiger partial charge < -0.3 is 15.2 Å². The standard InChI is InChI=1S/C19H16F3N3O6S/c20-19(21,22)12-1-3-13(4-2-12)32(29,30)25-7-8-31-16-14(25)9-11(10-23-16)15(26)24-18(5-6-18)17(27)28/h1-4,9-10H,5-8H2,(H,24,26)(H,27,28). The van der Waals surface area contributed by atoms with Crippen molar-refractivity contribution in [1.29, 1.82) is 0 Å². The summed E-state index contributed by atoms with van der Waals surface area (Å²) >= 11 is 0. The molecule has 2 N–H and O–H groups in total. The topological polar surface area (TPSA) is 126 Å². The number of benzene rings is 1. The van der Waals surface area contributed by atoms with Gasteiger partial charge in [0.25, 0.3) is 15.9 Å². The van der Waals surface area contributed by atoms with Gasteiger partial charge in [-0.05, 0) is 43.2 Å². The van der Waals surface area contributed by atoms with Gasteiger partial charge in [0.15, 0.2) is 0 Å². The van der Waals surface area contributed by atoms with Crippen LogP contribution in [0.4, 0.5) is 18.9 Å². The number of carbonyl (C=O) groups is 2. The van der Waals surface area contributed by atoms with Gasteiger partial charge in [0, 0.05) is 6.20 Å². The number of nitrogens with one attached hydrogen (secondary N) is 1. The van der Waals surface area contributed by atoms with E-state index in [9.17, 15) is 36.3 Å². The molecule has 2 aliphatic rings. The maximum atomic E-state index is 13.1. The van der Waals surface area contributed by atoms with Gasteiger partial charge in [-0.15, -0.1) is 0 Å². The van der Waals surface area contributed by atoms with E-state index in [0.717, 1.165) is 22.6 Å². The van der Waals surface area contributed by atoms with Gasteiger partial charge in [0.1, 0.15) is 17.8 Å². The van der Waals surface area contributed by atoms with E-state index in [0.29, 0.717) is 12.1 Å². The average Bonchev–Trinajstić information content (AvgIpc) is 3.53. The Morgan fingerprint density at radius 2 is 1.84 bits per heavy atom. The summed E-state index contributed by atoms with van der Waals surface area (Å²) in [6.07, 6.45) is -2.96. The monoisotopic (exact) mass is 471 g/mol. The Kier molecular flexibility index (Phi) is 5.03. The van der Waals surface area contributed by atoms with Crippen LogP contribution in [0, 0.1) is 0 Å². The minimum atomic E-state index is -4.62. The van der Waals surface area contributed by atoms with Crippen LogP contribution < -0.4 is 14.4 Å². The Morgan fingerprint density at radius 3 is 2.41 bits per heavy atom. The molecule has 2 heterocycles. The predicted octanol–water partition coefficient (Wildman–Crippen LogP) is 2.04. The minimum absolute atomic E-state index is 0.0620. The number of carboxylic acids is 1. The molecule has 0 bridgehead atoms. The number of amides is 1. The first-order valence-corrected chi connectivity index (χ1v) is 10.8. The zero-order chi connectivity index (χ0) is 23.3. The lowest BCUT2D eigenvalue weighted by molar-refractivity contribution is -0.140. The first-order valence-electron chi connectivity index (χ1n) is 9.33. The van der Waals surface area contributed by atoms with Crippen LogP contribution in [0.2, 0.25) is 0 Å². The number of hydrogen-bond acceptors (Lipinski definition) is 6. The zero-order valence-corrected chi connectivity index (χ0v) is 17.0. The highest BCUT2D eigenvalue weighted by molar-refractivity contribution is 7.92. The Bertz CT molecular complexity index is 1190. The summed E-state index contributed by atoms with van der Waals surface area (Å²) in [6, 6.07) is 4.22. The molecular formula is C19H16F3N3O6S. The van der Waals surface area contributed by atoms with Gasteiger partial charge in [0.05, 0.1) is 22.6 Å². The summed E-state index contributed by atoms with van der Waals surface area (Å²) in [4.78, 5) is 27.4. The van der Waals surface area contributed by atoms with E-state index in [4.69, 9.17) is 4.74 Å². The van der Waals surface area contributed by atoms with Crippen LogP contribution in [0.25, 0.3) is 0 Å². The molecule has 1 aliphatic carbocycles. The number of ether oxygens (including phenoxy) is 1. The molecule has 1 saturated carbocycles. The number of alkyl halides is 3. The summed E-state index contributed by atoms with van der Waals surface area (Å²) in [5, 5.41) is 11.6. The van der Waals surface area contributed by atoms with Crippen LogP contribution in [0.5, 0.6) is 5.88 Å². The minimum Gasteiger partial charge on any atom is -0.480 e. The van der Waals surface area contributed by atoms with Crippen molar-refractivity contribution in [2.45, 2.75) is 29.5 Å². The fourth-order valence-corrected chi connectivity index (χ4v) is 4.64. The number of nitrogens with zero attached hydrogens (tertiary/aromatic N) is 2. The molecule has 170 valence electrons. The molecule has 4 rings (SSSR count). The summed E-state index contributed by atoms with van der Waals surface area (Å²) in [5.74, 6) is -2.01. The van der Waals surface area contributed by atoms with Crippen molar-refractivity contribution in [1.82, 2.24) is 10.3 Å². The number of carbonyl (C=O) groups excluding carboxylic acids is 1. The maximum Gasteiger partial charge on any atom is 0.416 e. The molecule has 1 fully saturated rings. The van der Waals surface area contributed by atoms with Crippen LogP contribution in [0.15, 0.2) is 41.4 Å². The number of aliphatic carboxylic acids is 1. The van der Waals surface area contributed by atoms with E-state index in [1.54, 1.807) is 0 Å². The maximum absolute atomic E-state index is 13.1. The van der Waals surface area contributed by atoms with Crippen molar-refractivity contribution in [2.24, 2.45) is 0 Å². The van der Waals surface area contributed by atoms with Gasteiger partial charge in [-0.1, -0.05) is 0 Å². The third-order valence-electron chi connectivity index (χ3n) is 5.18. The van der Waals surface area contributed by atoms with E-state index in [2.05, 4.69) is 10.3 Å². The molecule has 1 amide bonds. The van der Waals surface area contributed by atoms with Crippen molar-refractivity contribution in [3.63, 3.8) is 0 Å². The van der Waals surface area contributed by atoms with Crippen LogP contribution in [0.1, 0.15) is 28.8 Å². The van der Waals surface area contributed by atoms with Gasteiger partial charge in [0.2, 0.25) is 5.88 Å². The third-order valence-corrected chi connectivity index (χ3v) is 7.01. The van der Waals surface area contributed by atoms with E-state index in [1.165, 1.54) is 6.07 Å². The molecule has 1 aromatic carbocycles. The zero-order valence-electron chi connectivity index (χ0n) is 16.2. The molecule has 0 atom stereocenters. The van der Waals surface area contributed by atoms with Gasteiger partial charge >= 0.3 is 12.1 Å². The second kappa shape index (κ2) is 7.36. The molecule has 0 saturated heterocycles. The van der Waals surface area contributed by atoms with Crippen molar-refractivity contribution in [2.75, 3.05) is 17.5 Å². The molecule has 2 aromatic rings. The lowest BCUT2D eigenvalue weighted by Gasteiger charge is -2.30. The fourth-order valence-electron chi connectivity index (χ4n) is 3.20. The molecule has 0 spiro atoms. The van der Waals surface area contributed by atoms with Crippen molar-refractivity contribution >= 4 is 27.6 Å². The van der Waals surface area contributed by atoms with E-state index in [1.807, 2.05) is 0 Å². The molecule has 9 nitrogen and oxygen atoms in total. The predicted molar refractivity (Wildman–Crippen MR) is 103 cm³/mol. The SMILES string of the molecule is O=C(NC1(C(=O)O)CC1)c1cnc2c(c1)N(S(=O)(=O)c1ccc(C(F)(F)F)cc1)CCO2. The number of sulfonamides is 1. The molecule has 13 heteroatoms. The van der Waals surface area contributed by atoms with Gasteiger partial charge in [-0.2, -0.15) is 13.2 Å². The second-order valence-corrected chi connectivity index (χ2v) is 9.20. The van der Waals surface area contributed by atoms with Crippen LogP contribution in [0.3, 0.4) is 0 Å². The van der Waals surface area contributed by atoms with Crippen molar-refractivity contribution in [3.05, 3.63) is 47.7 Å². The summed E-state index contributed by atoms with van der Waals surface area (Å²) < 4.78 is 70.8. The van der Waals surface area contributed by atoms with Gasteiger partial charge in [-0.3, -0.25) is 9.10 Å². The summed E-state index contributed by atoms with van der Waals surface area (Å²) in [5.41, 5.74) is -2.51.